The van der Waals surface area contributed by atoms with Crippen molar-refractivity contribution >= 4 is 21.7 Å². The molecule has 5 heteroatoms. The zero-order valence-electron chi connectivity index (χ0n) is 10.7. The van der Waals surface area contributed by atoms with Crippen LogP contribution in [0, 0.1) is 5.82 Å². The molecule has 0 radical (unpaired) electrons. The van der Waals surface area contributed by atoms with Gasteiger partial charge in [-0.3, -0.25) is 0 Å². The first-order chi connectivity index (χ1) is 9.10. The molecular formula is C14H14BrFN2O. The second kappa shape index (κ2) is 6.02. The Morgan fingerprint density at radius 3 is 2.74 bits per heavy atom. The van der Waals surface area contributed by atoms with E-state index in [1.54, 1.807) is 19.4 Å². The summed E-state index contributed by atoms with van der Waals surface area (Å²) in [5.74, 6) is 1.22. The summed E-state index contributed by atoms with van der Waals surface area (Å²) in [5, 5.41) is 0. The Morgan fingerprint density at radius 1 is 1.32 bits per heavy atom. The number of pyridine rings is 1. The van der Waals surface area contributed by atoms with Crippen LogP contribution in [0.25, 0.3) is 0 Å². The minimum Gasteiger partial charge on any atom is -0.496 e. The van der Waals surface area contributed by atoms with E-state index >= 15 is 0 Å². The van der Waals surface area contributed by atoms with E-state index < -0.39 is 0 Å². The van der Waals surface area contributed by atoms with E-state index in [-0.39, 0.29) is 5.82 Å². The molecule has 0 atom stereocenters. The van der Waals surface area contributed by atoms with Crippen LogP contribution < -0.4 is 9.64 Å². The molecule has 1 aromatic heterocycles. The van der Waals surface area contributed by atoms with Crippen LogP contribution in [0.2, 0.25) is 0 Å². The fourth-order valence-corrected chi connectivity index (χ4v) is 2.04. The number of methoxy groups -OCH3 is 1. The smallest absolute Gasteiger partial charge is 0.128 e. The van der Waals surface area contributed by atoms with Gasteiger partial charge in [0.15, 0.2) is 0 Å². The van der Waals surface area contributed by atoms with Crippen LogP contribution in [0.5, 0.6) is 5.75 Å². The number of ether oxygens (including phenoxy) is 1. The van der Waals surface area contributed by atoms with Crippen molar-refractivity contribution in [1.29, 1.82) is 0 Å². The van der Waals surface area contributed by atoms with Gasteiger partial charge in [-0.15, -0.1) is 0 Å². The number of hydrogen-bond donors (Lipinski definition) is 0. The van der Waals surface area contributed by atoms with E-state index in [1.807, 2.05) is 24.1 Å². The van der Waals surface area contributed by atoms with E-state index in [2.05, 4.69) is 20.9 Å². The molecule has 3 nitrogen and oxygen atoms in total. The maximum absolute atomic E-state index is 13.3. The van der Waals surface area contributed by atoms with Gasteiger partial charge < -0.3 is 9.64 Å². The second-order valence-electron chi connectivity index (χ2n) is 4.15. The predicted molar refractivity (Wildman–Crippen MR) is 77.0 cm³/mol. The third-order valence-corrected chi connectivity index (χ3v) is 3.22. The first-order valence-corrected chi connectivity index (χ1v) is 6.54. The average Bonchev–Trinajstić information content (AvgIpc) is 2.39. The van der Waals surface area contributed by atoms with Gasteiger partial charge in [0.1, 0.15) is 17.4 Å². The Morgan fingerprint density at radius 2 is 2.11 bits per heavy atom. The molecular weight excluding hydrogens is 311 g/mol. The molecule has 0 aliphatic rings. The number of hydrogen-bond acceptors (Lipinski definition) is 3. The van der Waals surface area contributed by atoms with Crippen LogP contribution in [0.15, 0.2) is 41.0 Å². The maximum Gasteiger partial charge on any atom is 0.128 e. The average molecular weight is 325 g/mol. The first-order valence-electron chi connectivity index (χ1n) is 5.75. The molecule has 0 N–H and O–H groups in total. The summed E-state index contributed by atoms with van der Waals surface area (Å²) < 4.78 is 19.5. The summed E-state index contributed by atoms with van der Waals surface area (Å²) in [6, 6.07) is 8.32. The molecule has 2 aromatic rings. The fourth-order valence-electron chi connectivity index (χ4n) is 1.80. The molecule has 2 rings (SSSR count). The Balaban J connectivity index is 2.20. The van der Waals surface area contributed by atoms with Gasteiger partial charge >= 0.3 is 0 Å². The SMILES string of the molecule is COc1ccc(F)cc1CN(C)c1ccc(Br)cn1. The Hall–Kier alpha value is -1.62. The van der Waals surface area contributed by atoms with Crippen molar-refractivity contribution in [2.45, 2.75) is 6.54 Å². The van der Waals surface area contributed by atoms with Crippen LogP contribution in [-0.4, -0.2) is 19.1 Å². The van der Waals surface area contributed by atoms with E-state index in [0.29, 0.717) is 12.3 Å². The third kappa shape index (κ3) is 3.44. The van der Waals surface area contributed by atoms with Crippen LogP contribution in [0.1, 0.15) is 5.56 Å². The van der Waals surface area contributed by atoms with Crippen molar-refractivity contribution < 1.29 is 9.13 Å². The van der Waals surface area contributed by atoms with E-state index in [0.717, 1.165) is 15.9 Å². The van der Waals surface area contributed by atoms with Crippen LogP contribution in [-0.2, 0) is 6.54 Å². The van der Waals surface area contributed by atoms with E-state index in [9.17, 15) is 4.39 Å². The Kier molecular flexibility index (Phi) is 4.37. The van der Waals surface area contributed by atoms with Crippen molar-refractivity contribution in [1.82, 2.24) is 4.98 Å². The normalized spacial score (nSPS) is 10.3. The molecule has 0 aliphatic carbocycles. The van der Waals surface area contributed by atoms with Gasteiger partial charge in [-0.25, -0.2) is 9.37 Å². The number of halogens is 2. The largest absolute Gasteiger partial charge is 0.496 e. The lowest BCUT2D eigenvalue weighted by molar-refractivity contribution is 0.408. The lowest BCUT2D eigenvalue weighted by Crippen LogP contribution is -2.18. The third-order valence-electron chi connectivity index (χ3n) is 2.75. The fraction of sp³-hybridized carbons (Fsp3) is 0.214. The minimum absolute atomic E-state index is 0.270. The molecule has 0 amide bonds. The first kappa shape index (κ1) is 13.8. The molecule has 0 spiro atoms. The van der Waals surface area contributed by atoms with Gasteiger partial charge in [-0.2, -0.15) is 0 Å². The highest BCUT2D eigenvalue weighted by Gasteiger charge is 2.09. The van der Waals surface area contributed by atoms with Crippen LogP contribution >= 0.6 is 15.9 Å². The molecule has 0 fully saturated rings. The predicted octanol–water partition coefficient (Wildman–Crippen LogP) is 3.63. The number of benzene rings is 1. The highest BCUT2D eigenvalue weighted by molar-refractivity contribution is 9.10. The van der Waals surface area contributed by atoms with Gasteiger partial charge in [0, 0.05) is 29.8 Å². The molecule has 0 aliphatic heterocycles. The molecule has 19 heavy (non-hydrogen) atoms. The summed E-state index contributed by atoms with van der Waals surface area (Å²) in [6.45, 7) is 0.523. The summed E-state index contributed by atoms with van der Waals surface area (Å²) in [5.41, 5.74) is 0.787. The summed E-state index contributed by atoms with van der Waals surface area (Å²) >= 11 is 3.34. The van der Waals surface area contributed by atoms with Gasteiger partial charge in [0.05, 0.1) is 7.11 Å². The number of rotatable bonds is 4. The van der Waals surface area contributed by atoms with Gasteiger partial charge in [0.25, 0.3) is 0 Å². The topological polar surface area (TPSA) is 25.4 Å². The van der Waals surface area contributed by atoms with Gasteiger partial charge in [0.2, 0.25) is 0 Å². The number of aromatic nitrogens is 1. The highest BCUT2D eigenvalue weighted by atomic mass is 79.9. The maximum atomic E-state index is 13.3. The minimum atomic E-state index is -0.270. The number of anilines is 1. The van der Waals surface area contributed by atoms with E-state index in [1.165, 1.54) is 12.1 Å². The zero-order chi connectivity index (χ0) is 13.8. The summed E-state index contributed by atoms with van der Waals surface area (Å²) in [6.07, 6.45) is 1.73. The van der Waals surface area contributed by atoms with Crippen molar-refractivity contribution in [2.24, 2.45) is 0 Å². The van der Waals surface area contributed by atoms with Crippen LogP contribution in [0.4, 0.5) is 10.2 Å². The highest BCUT2D eigenvalue weighted by Crippen LogP contribution is 2.23. The molecule has 100 valence electrons. The summed E-state index contributed by atoms with van der Waals surface area (Å²) in [7, 11) is 3.48. The van der Waals surface area contributed by atoms with Crippen molar-refractivity contribution in [2.75, 3.05) is 19.1 Å². The molecule has 0 bridgehead atoms. The number of nitrogens with zero attached hydrogens (tertiary/aromatic N) is 2. The second-order valence-corrected chi connectivity index (χ2v) is 5.06. The molecule has 0 unspecified atom stereocenters. The molecule has 0 saturated heterocycles. The molecule has 1 heterocycles. The summed E-state index contributed by atoms with van der Waals surface area (Å²) in [4.78, 5) is 6.23. The quantitative estimate of drug-likeness (QED) is 0.858. The van der Waals surface area contributed by atoms with Gasteiger partial charge in [-0.1, -0.05) is 0 Å². The Bertz CT molecular complexity index is 560. The monoisotopic (exact) mass is 324 g/mol. The van der Waals surface area contributed by atoms with Gasteiger partial charge in [-0.05, 0) is 46.3 Å². The van der Waals surface area contributed by atoms with Crippen LogP contribution in [0.3, 0.4) is 0 Å². The van der Waals surface area contributed by atoms with E-state index in [4.69, 9.17) is 4.74 Å². The lowest BCUT2D eigenvalue weighted by atomic mass is 10.2. The molecule has 1 aromatic carbocycles. The zero-order valence-corrected chi connectivity index (χ0v) is 12.3. The lowest BCUT2D eigenvalue weighted by Gasteiger charge is -2.19. The van der Waals surface area contributed by atoms with Crippen molar-refractivity contribution in [3.05, 3.63) is 52.4 Å². The van der Waals surface area contributed by atoms with Crippen molar-refractivity contribution in [3.8, 4) is 5.75 Å². The Labute approximate surface area is 120 Å². The standard InChI is InChI=1S/C14H14BrFN2O/c1-18(14-6-3-11(15)8-17-14)9-10-7-12(16)4-5-13(10)19-2/h3-8H,9H2,1-2H3. The molecule has 0 saturated carbocycles. The van der Waals surface area contributed by atoms with Crippen molar-refractivity contribution in [3.63, 3.8) is 0 Å².